The number of halogens is 5. The van der Waals surface area contributed by atoms with Gasteiger partial charge >= 0.3 is 11.9 Å². The van der Waals surface area contributed by atoms with Crippen LogP contribution >= 0.6 is 0 Å². The van der Waals surface area contributed by atoms with Crippen molar-refractivity contribution in [3.05, 3.63) is 51.5 Å². The lowest BCUT2D eigenvalue weighted by Gasteiger charge is -2.34. The van der Waals surface area contributed by atoms with E-state index < -0.39 is 47.9 Å². The van der Waals surface area contributed by atoms with Gasteiger partial charge < -0.3 is 9.80 Å². The minimum Gasteiger partial charge on any atom is -0.338 e. The molecule has 0 radical (unpaired) electrons. The second-order valence-electron chi connectivity index (χ2n) is 9.22. The zero-order valence-corrected chi connectivity index (χ0v) is 18.5. The fraction of sp³-hybridized carbons (Fsp3) is 0.545. The van der Waals surface area contributed by atoms with Crippen LogP contribution in [0.2, 0.25) is 0 Å². The first-order valence-electron chi connectivity index (χ1n) is 11.3. The average molecular weight is 499 g/mol. The number of rotatable bonds is 4. The zero-order chi connectivity index (χ0) is 25.1. The highest BCUT2D eigenvalue weighted by molar-refractivity contribution is 5.84. The Morgan fingerprint density at radius 3 is 2.43 bits per heavy atom. The van der Waals surface area contributed by atoms with Crippen LogP contribution in [-0.4, -0.2) is 61.8 Å². The molecule has 1 unspecified atom stereocenters. The molecule has 2 aromatic rings. The van der Waals surface area contributed by atoms with Gasteiger partial charge in [-0.05, 0) is 37.0 Å². The standard InChI is InChI=1S/C22H22F5N5O3/c23-14-5-6-29(9-14)20(34)17-10-30(19(33)13-2-3-13)11-18-28-31(21(35)32(17)18)8-12-1-4-16(24)15(7-12)22(25,26)27/h1,4,7,13-14,17H,2-3,5-6,8-11H2/t14-,17?/m0/s1. The van der Waals surface area contributed by atoms with Gasteiger partial charge in [0.05, 0.1) is 31.7 Å². The summed E-state index contributed by atoms with van der Waals surface area (Å²) in [5.74, 6) is -2.14. The summed E-state index contributed by atoms with van der Waals surface area (Å²) in [5.41, 5.74) is -2.22. The Morgan fingerprint density at radius 1 is 1.06 bits per heavy atom. The van der Waals surface area contributed by atoms with Gasteiger partial charge in [-0.3, -0.25) is 14.2 Å². The Bertz CT molecular complexity index is 1240. The number of nitrogens with zero attached hydrogens (tertiary/aromatic N) is 5. The molecule has 1 aliphatic carbocycles. The van der Waals surface area contributed by atoms with Crippen LogP contribution in [0.4, 0.5) is 22.0 Å². The van der Waals surface area contributed by atoms with Crippen LogP contribution in [0.15, 0.2) is 23.0 Å². The van der Waals surface area contributed by atoms with Crippen LogP contribution in [0.25, 0.3) is 0 Å². The van der Waals surface area contributed by atoms with Gasteiger partial charge in [-0.2, -0.15) is 18.3 Å². The van der Waals surface area contributed by atoms with Gasteiger partial charge in [0, 0.05) is 12.5 Å². The Balaban J connectivity index is 1.49. The van der Waals surface area contributed by atoms with Crippen molar-refractivity contribution in [1.29, 1.82) is 0 Å². The van der Waals surface area contributed by atoms with Crippen molar-refractivity contribution in [2.45, 2.75) is 50.7 Å². The topological polar surface area (TPSA) is 80.4 Å². The molecule has 13 heteroatoms. The molecule has 188 valence electrons. The smallest absolute Gasteiger partial charge is 0.338 e. The van der Waals surface area contributed by atoms with Gasteiger partial charge in [-0.15, -0.1) is 0 Å². The van der Waals surface area contributed by atoms with Crippen LogP contribution in [-0.2, 0) is 28.9 Å². The van der Waals surface area contributed by atoms with Crippen molar-refractivity contribution in [3.8, 4) is 0 Å². The minimum atomic E-state index is -4.91. The number of fused-ring (bicyclic) bond motifs is 1. The Kier molecular flexibility index (Phi) is 5.67. The largest absolute Gasteiger partial charge is 0.419 e. The molecule has 3 aliphatic rings. The Morgan fingerprint density at radius 2 is 1.80 bits per heavy atom. The summed E-state index contributed by atoms with van der Waals surface area (Å²) in [5, 5.41) is 4.20. The van der Waals surface area contributed by atoms with Crippen molar-refractivity contribution < 1.29 is 31.5 Å². The predicted molar refractivity (Wildman–Crippen MR) is 110 cm³/mol. The summed E-state index contributed by atoms with van der Waals surface area (Å²) in [7, 11) is 0. The summed E-state index contributed by atoms with van der Waals surface area (Å²) < 4.78 is 68.7. The van der Waals surface area contributed by atoms with Crippen molar-refractivity contribution in [2.75, 3.05) is 19.6 Å². The average Bonchev–Trinajstić information content (AvgIpc) is 3.49. The molecular formula is C22H22F5N5O3. The monoisotopic (exact) mass is 499 g/mol. The number of carbonyl (C=O) groups is 2. The highest BCUT2D eigenvalue weighted by Crippen LogP contribution is 2.34. The van der Waals surface area contributed by atoms with E-state index in [4.69, 9.17) is 0 Å². The third kappa shape index (κ3) is 4.43. The van der Waals surface area contributed by atoms with Crippen molar-refractivity contribution in [2.24, 2.45) is 5.92 Å². The van der Waals surface area contributed by atoms with E-state index in [9.17, 15) is 36.3 Å². The van der Waals surface area contributed by atoms with Gasteiger partial charge in [0.25, 0.3) is 0 Å². The SMILES string of the molecule is O=C(C1CC1)N1Cc2nn(Cc3ccc(F)c(C(F)(F)F)c3)c(=O)n2C(C(=O)N2CC[C@H](F)C2)C1. The molecule has 8 nitrogen and oxygen atoms in total. The molecule has 1 saturated carbocycles. The van der Waals surface area contributed by atoms with Crippen LogP contribution in [0.5, 0.6) is 0 Å². The van der Waals surface area contributed by atoms with Gasteiger partial charge in [0.1, 0.15) is 18.0 Å². The lowest BCUT2D eigenvalue weighted by atomic mass is 10.1. The van der Waals surface area contributed by atoms with Gasteiger partial charge in [0.2, 0.25) is 11.8 Å². The number of aromatic nitrogens is 3. The van der Waals surface area contributed by atoms with Crippen LogP contribution < -0.4 is 5.69 Å². The number of alkyl halides is 4. The molecule has 1 aromatic carbocycles. The Hall–Kier alpha value is -3.25. The quantitative estimate of drug-likeness (QED) is 0.604. The normalized spacial score (nSPS) is 22.4. The molecule has 2 fully saturated rings. The molecule has 3 heterocycles. The summed E-state index contributed by atoms with van der Waals surface area (Å²) in [6.45, 7) is -0.434. The lowest BCUT2D eigenvalue weighted by Crippen LogP contribution is -2.50. The Labute approximate surface area is 195 Å². The van der Waals surface area contributed by atoms with E-state index in [0.717, 1.165) is 28.2 Å². The molecule has 5 rings (SSSR count). The maximum atomic E-state index is 13.7. The number of carbonyl (C=O) groups excluding carboxylic acids is 2. The number of likely N-dealkylation sites (tertiary alicyclic amines) is 1. The first-order chi connectivity index (χ1) is 16.5. The summed E-state index contributed by atoms with van der Waals surface area (Å²) in [4.78, 5) is 41.9. The molecule has 2 amide bonds. The molecule has 1 saturated heterocycles. The number of benzene rings is 1. The van der Waals surface area contributed by atoms with Crippen LogP contribution in [0.1, 0.15) is 42.3 Å². The van der Waals surface area contributed by atoms with Gasteiger partial charge in [0.15, 0.2) is 5.82 Å². The van der Waals surface area contributed by atoms with Crippen molar-refractivity contribution in [3.63, 3.8) is 0 Å². The first kappa shape index (κ1) is 23.5. The molecular weight excluding hydrogens is 477 g/mol. The molecule has 2 atom stereocenters. The molecule has 2 aliphatic heterocycles. The van der Waals surface area contributed by atoms with Crippen molar-refractivity contribution >= 4 is 11.8 Å². The number of hydrogen-bond acceptors (Lipinski definition) is 4. The zero-order valence-electron chi connectivity index (χ0n) is 18.5. The second kappa shape index (κ2) is 8.45. The number of amides is 2. The highest BCUT2D eigenvalue weighted by atomic mass is 19.4. The van der Waals surface area contributed by atoms with Crippen molar-refractivity contribution in [1.82, 2.24) is 24.1 Å². The first-order valence-corrected chi connectivity index (χ1v) is 11.3. The van der Waals surface area contributed by atoms with Gasteiger partial charge in [-0.25, -0.2) is 18.3 Å². The van der Waals surface area contributed by atoms with E-state index in [2.05, 4.69) is 5.10 Å². The van der Waals surface area contributed by atoms with E-state index in [1.807, 2.05) is 0 Å². The van der Waals surface area contributed by atoms with Crippen LogP contribution in [0.3, 0.4) is 0 Å². The summed E-state index contributed by atoms with van der Waals surface area (Å²) in [6, 6.07) is 1.28. The molecule has 0 N–H and O–H groups in total. The lowest BCUT2D eigenvalue weighted by molar-refractivity contribution is -0.141. The number of hydrogen-bond donors (Lipinski definition) is 0. The van der Waals surface area contributed by atoms with E-state index in [1.165, 1.54) is 9.80 Å². The van der Waals surface area contributed by atoms with E-state index in [0.29, 0.717) is 12.1 Å². The molecule has 1 aromatic heterocycles. The van der Waals surface area contributed by atoms with E-state index in [-0.39, 0.29) is 55.8 Å². The fourth-order valence-corrected chi connectivity index (χ4v) is 4.65. The third-order valence-corrected chi connectivity index (χ3v) is 6.61. The molecule has 35 heavy (non-hydrogen) atoms. The predicted octanol–water partition coefficient (Wildman–Crippen LogP) is 2.11. The third-order valence-electron chi connectivity index (χ3n) is 6.61. The fourth-order valence-electron chi connectivity index (χ4n) is 4.65. The summed E-state index contributed by atoms with van der Waals surface area (Å²) in [6.07, 6.45) is -4.44. The minimum absolute atomic E-state index is 0.00937. The van der Waals surface area contributed by atoms with Gasteiger partial charge in [-0.1, -0.05) is 6.07 Å². The van der Waals surface area contributed by atoms with E-state index >= 15 is 0 Å². The summed E-state index contributed by atoms with van der Waals surface area (Å²) >= 11 is 0. The molecule has 0 spiro atoms. The second-order valence-corrected chi connectivity index (χ2v) is 9.22. The van der Waals surface area contributed by atoms with E-state index in [1.54, 1.807) is 0 Å². The van der Waals surface area contributed by atoms with Crippen LogP contribution in [0, 0.1) is 11.7 Å². The highest BCUT2D eigenvalue weighted by Gasteiger charge is 2.43. The maximum absolute atomic E-state index is 13.7. The maximum Gasteiger partial charge on any atom is 0.419 e. The molecule has 0 bridgehead atoms.